The van der Waals surface area contributed by atoms with Crippen LogP contribution >= 0.6 is 0 Å². The average Bonchev–Trinajstić information content (AvgIpc) is 3.26. The summed E-state index contributed by atoms with van der Waals surface area (Å²) in [6.45, 7) is 0. The largest absolute Gasteiger partial charge is 0.566 e. The molecule has 0 aliphatic rings. The van der Waals surface area contributed by atoms with Gasteiger partial charge in [0, 0.05) is 18.0 Å². The van der Waals surface area contributed by atoms with Crippen molar-refractivity contribution in [1.29, 1.82) is 0 Å². The second-order valence-corrected chi connectivity index (χ2v) is 9.80. The molecule has 2 rings (SSSR count). The van der Waals surface area contributed by atoms with Crippen molar-refractivity contribution in [2.24, 2.45) is 0 Å². The normalized spacial score (nSPS) is 14.0. The molecule has 2 aromatic rings. The highest BCUT2D eigenvalue weighted by atomic mass is 32.2. The van der Waals surface area contributed by atoms with Gasteiger partial charge in [-0.05, 0) is 34.1 Å². The number of imidazole rings is 1. The highest BCUT2D eigenvalue weighted by molar-refractivity contribution is 7.88. The lowest BCUT2D eigenvalue weighted by Crippen LogP contribution is -2.59. The number of sulfonamides is 1. The van der Waals surface area contributed by atoms with E-state index >= 15 is 0 Å². The number of hydrogen-bond acceptors (Lipinski definition) is 9. The molecule has 10 nitrogen and oxygen atoms in total. The van der Waals surface area contributed by atoms with E-state index < -0.39 is 52.2 Å². The molecule has 0 radical (unpaired) electrons. The third-order valence-corrected chi connectivity index (χ3v) is 6.55. The number of nitrogens with zero attached hydrogens (tertiary/aromatic N) is 2. The lowest BCUT2D eigenvalue weighted by molar-refractivity contribution is -0.801. The number of H-pyrrole nitrogens is 1. The first-order valence-electron chi connectivity index (χ1n) is 7.99. The van der Waals surface area contributed by atoms with Crippen LogP contribution in [0.1, 0.15) is 0 Å². The van der Waals surface area contributed by atoms with Crippen molar-refractivity contribution in [2.75, 3.05) is 0 Å². The Morgan fingerprint density at radius 1 is 0.914 bits per heavy atom. The predicted molar refractivity (Wildman–Crippen MR) is 93.2 cm³/mol. The summed E-state index contributed by atoms with van der Waals surface area (Å²) in [5.74, 6) is -7.97. The maximum atomic E-state index is 14.0. The van der Waals surface area contributed by atoms with Gasteiger partial charge in [-0.3, -0.25) is 0 Å². The molecule has 0 saturated heterocycles. The zero-order valence-corrected chi connectivity index (χ0v) is 18.3. The highest BCUT2D eigenvalue weighted by Crippen LogP contribution is 2.49. The summed E-state index contributed by atoms with van der Waals surface area (Å²) in [5, 5.41) is -6.83. The van der Waals surface area contributed by atoms with Gasteiger partial charge >= 0.3 is 55.4 Å². The van der Waals surface area contributed by atoms with Gasteiger partial charge in [-0.2, -0.15) is 47.9 Å². The molecule has 0 bridgehead atoms. The van der Waals surface area contributed by atoms with Gasteiger partial charge in [0.2, 0.25) is 3.51 Å². The van der Waals surface area contributed by atoms with Crippen molar-refractivity contribution >= 4 is 32.6 Å². The highest BCUT2D eigenvalue weighted by Gasteiger charge is 2.81. The standard InChI is InChI=1S/C13H7F9N3O7S3/c14-10(15,11(16,17)31-32-25(33)34(26,27)13(20,21)22)12(18,19)35(28,29)30-8-3-1-7(2-4-8)9-23-5-6-24-9/h1-6H,(H,23,24)/q+1. The van der Waals surface area contributed by atoms with Crippen LogP contribution in [-0.4, -0.2) is 53.1 Å². The monoisotopic (exact) mass is 584 g/mol. The molecule has 0 amide bonds. The summed E-state index contributed by atoms with van der Waals surface area (Å²) < 4.78 is 166. The molecule has 0 aliphatic carbocycles. The van der Waals surface area contributed by atoms with E-state index in [0.29, 0.717) is 12.1 Å². The fraction of sp³-hybridized carbons (Fsp3) is 0.308. The molecule has 0 saturated carbocycles. The minimum Gasteiger partial charge on any atom is -0.378 e. The summed E-state index contributed by atoms with van der Waals surface area (Å²) in [5.41, 5.74) is -6.07. The minimum atomic E-state index is -7.12. The van der Waals surface area contributed by atoms with Crippen LogP contribution in [-0.2, 0) is 42.4 Å². The molecular weight excluding hydrogens is 577 g/mol. The number of aromatic nitrogens is 2. The van der Waals surface area contributed by atoms with Crippen molar-refractivity contribution < 1.29 is 73.9 Å². The molecule has 0 unspecified atom stereocenters. The fourth-order valence-electron chi connectivity index (χ4n) is 1.85. The van der Waals surface area contributed by atoms with Crippen LogP contribution < -0.4 is 4.18 Å². The molecule has 1 N–H and O–H groups in total. The van der Waals surface area contributed by atoms with Crippen molar-refractivity contribution in [3.63, 3.8) is 0 Å². The number of rotatable bonds is 10. The first-order valence-corrected chi connectivity index (χ1v) is 11.2. The average molecular weight is 584 g/mol. The Morgan fingerprint density at radius 2 is 1.46 bits per heavy atom. The molecule has 22 heteroatoms. The van der Waals surface area contributed by atoms with Crippen LogP contribution in [0.4, 0.5) is 39.5 Å². The maximum Gasteiger partial charge on any atom is 0.566 e. The van der Waals surface area contributed by atoms with Crippen LogP contribution in [0.25, 0.3) is 11.4 Å². The van der Waals surface area contributed by atoms with Crippen LogP contribution in [0.15, 0.2) is 36.7 Å². The Kier molecular flexibility index (Phi) is 7.38. The van der Waals surface area contributed by atoms with Crippen molar-refractivity contribution in [3.8, 4) is 17.1 Å². The van der Waals surface area contributed by atoms with Gasteiger partial charge in [-0.15, -0.1) is 8.42 Å². The molecule has 0 spiro atoms. The zero-order valence-electron chi connectivity index (χ0n) is 15.8. The van der Waals surface area contributed by atoms with E-state index in [0.717, 1.165) is 12.1 Å². The van der Waals surface area contributed by atoms with Gasteiger partial charge in [-0.25, -0.2) is 4.98 Å². The first kappa shape index (κ1) is 28.5. The summed E-state index contributed by atoms with van der Waals surface area (Å²) in [6.07, 6.45) is -4.10. The number of aromatic amines is 1. The van der Waals surface area contributed by atoms with Crippen LogP contribution in [0.5, 0.6) is 5.75 Å². The van der Waals surface area contributed by atoms with Crippen molar-refractivity contribution in [3.05, 3.63) is 36.7 Å². The molecule has 1 heterocycles. The molecule has 1 aromatic heterocycles. The Bertz CT molecular complexity index is 1280. The summed E-state index contributed by atoms with van der Waals surface area (Å²) in [6, 6.07) is 3.37. The molecule has 35 heavy (non-hydrogen) atoms. The topological polar surface area (TPSA) is 128 Å². The van der Waals surface area contributed by atoms with E-state index in [1.165, 1.54) is 12.4 Å². The van der Waals surface area contributed by atoms with Crippen molar-refractivity contribution in [2.45, 2.75) is 22.8 Å². The molecule has 0 aliphatic heterocycles. The summed E-state index contributed by atoms with van der Waals surface area (Å²) in [7, 11) is -13.8. The van der Waals surface area contributed by atoms with Crippen LogP contribution in [0, 0.1) is 0 Å². The lowest BCUT2D eigenvalue weighted by Gasteiger charge is -2.28. The van der Waals surface area contributed by atoms with E-state index in [4.69, 9.17) is 0 Å². The van der Waals surface area contributed by atoms with Gasteiger partial charge in [0.05, 0.1) is 0 Å². The van der Waals surface area contributed by atoms with Crippen LogP contribution in [0.3, 0.4) is 0 Å². The van der Waals surface area contributed by atoms with E-state index in [2.05, 4.69) is 36.5 Å². The Hall–Kier alpha value is -2.72. The molecule has 0 fully saturated rings. The van der Waals surface area contributed by atoms with E-state index in [9.17, 15) is 56.3 Å². The minimum absolute atomic E-state index is 0.205. The SMILES string of the molecule is O=S(=O)(Oc1ccc(-c2ncc[nH]2)cc1)C(F)(F)C(F)(F)C(F)(F)OO[N+](=S)S(=O)(=O)C(F)(F)F. The summed E-state index contributed by atoms with van der Waals surface area (Å²) >= 11 is 3.37. The molecule has 0 atom stereocenters. The third kappa shape index (κ3) is 5.28. The van der Waals surface area contributed by atoms with Gasteiger partial charge in [-0.1, -0.05) is 0 Å². The fourth-order valence-corrected chi connectivity index (χ4v) is 3.32. The van der Waals surface area contributed by atoms with E-state index in [1.807, 2.05) is 0 Å². The second-order valence-electron chi connectivity index (χ2n) is 5.91. The van der Waals surface area contributed by atoms with Crippen molar-refractivity contribution in [1.82, 2.24) is 9.97 Å². The molecule has 196 valence electrons. The predicted octanol–water partition coefficient (Wildman–Crippen LogP) is 3.06. The van der Waals surface area contributed by atoms with E-state index in [1.54, 1.807) is 0 Å². The number of halogens is 9. The van der Waals surface area contributed by atoms with E-state index in [-0.39, 0.29) is 11.4 Å². The van der Waals surface area contributed by atoms with Gasteiger partial charge < -0.3 is 9.17 Å². The first-order chi connectivity index (χ1) is 15.7. The molecule has 1 aromatic carbocycles. The Morgan fingerprint density at radius 3 is 1.91 bits per heavy atom. The molecular formula is C13H7F9N3O7S3+. The number of hydrogen-bond donors (Lipinski definition) is 1. The maximum absolute atomic E-state index is 14.0. The number of alkyl halides is 9. The summed E-state index contributed by atoms with van der Waals surface area (Å²) in [4.78, 5) is 11.5. The third-order valence-electron chi connectivity index (χ3n) is 3.57. The van der Waals surface area contributed by atoms with Crippen LogP contribution in [0.2, 0.25) is 0 Å². The Balaban J connectivity index is 2.24. The lowest BCUT2D eigenvalue weighted by atomic mass is 10.2. The Labute approximate surface area is 193 Å². The number of benzene rings is 1. The second kappa shape index (κ2) is 9.05. The zero-order chi connectivity index (χ0) is 27.1. The van der Waals surface area contributed by atoms with Gasteiger partial charge in [0.1, 0.15) is 11.6 Å². The van der Waals surface area contributed by atoms with Gasteiger partial charge in [0.25, 0.3) is 0 Å². The van der Waals surface area contributed by atoms with Gasteiger partial charge in [0.15, 0.2) is 0 Å². The number of nitrogens with one attached hydrogen (secondary N) is 1. The quantitative estimate of drug-likeness (QED) is 0.147. The smallest absolute Gasteiger partial charge is 0.378 e.